The zero-order chi connectivity index (χ0) is 42.8. The Labute approximate surface area is 381 Å². The summed E-state index contributed by atoms with van der Waals surface area (Å²) in [5.74, 6) is 1.15. The van der Waals surface area contributed by atoms with E-state index in [4.69, 9.17) is 17.0 Å². The number of hydrogen-bond donors (Lipinski definition) is 0. The smallest absolute Gasteiger partial charge is 0.0920 e. The standard InChI is InChI=1S/2C22H25.C12H7Si.2ClH.Zr/c2*1-5-16-9-7-8-10-20(16)22-17(6-2)11-12-18-13-19(15(3)4)14-21(18)22;1-3-7-11-9(5-1)10-6-2-4-8-12(10)13-11;;;/h2*7-15H,5-6H2,1-4H3;1-7H;2*1H;/q3*-1;;;+2/p-2. The molecule has 0 saturated carbocycles. The summed E-state index contributed by atoms with van der Waals surface area (Å²) in [4.78, 5) is 0. The monoisotopic (exact) mass is 917 g/mol. The quantitative estimate of drug-likeness (QED) is 0.105. The molecule has 0 saturated heterocycles. The third-order valence-electron chi connectivity index (χ3n) is 11.8. The van der Waals surface area contributed by atoms with Gasteiger partial charge in [0.25, 0.3) is 0 Å². The van der Waals surface area contributed by atoms with Crippen LogP contribution in [-0.4, -0.2) is 9.52 Å². The van der Waals surface area contributed by atoms with E-state index in [1.165, 1.54) is 98.7 Å². The fourth-order valence-electron chi connectivity index (χ4n) is 8.46. The summed E-state index contributed by atoms with van der Waals surface area (Å²) in [7, 11) is 10.7. The fourth-order valence-corrected chi connectivity index (χ4v) is 9.77. The fraction of sp³-hybridized carbons (Fsp3) is 0.250. The van der Waals surface area contributed by atoms with E-state index >= 15 is 0 Å². The first-order valence-electron chi connectivity index (χ1n) is 21.6. The van der Waals surface area contributed by atoms with E-state index in [0.29, 0.717) is 11.8 Å². The van der Waals surface area contributed by atoms with Crippen molar-refractivity contribution in [1.29, 1.82) is 0 Å². The van der Waals surface area contributed by atoms with E-state index < -0.39 is 20.8 Å². The second kappa shape index (κ2) is 21.8. The van der Waals surface area contributed by atoms with Crippen molar-refractivity contribution in [1.82, 2.24) is 0 Å². The van der Waals surface area contributed by atoms with Gasteiger partial charge in [-0.1, -0.05) is 161 Å². The van der Waals surface area contributed by atoms with Gasteiger partial charge < -0.3 is 0 Å². The second-order valence-electron chi connectivity index (χ2n) is 16.0. The van der Waals surface area contributed by atoms with Crippen LogP contribution in [0.15, 0.2) is 140 Å². The van der Waals surface area contributed by atoms with Crippen LogP contribution < -0.4 is 10.4 Å². The van der Waals surface area contributed by atoms with Crippen LogP contribution in [-0.2, 0) is 46.5 Å². The van der Waals surface area contributed by atoms with Gasteiger partial charge in [-0.05, 0) is 59.8 Å². The van der Waals surface area contributed by atoms with Crippen molar-refractivity contribution < 1.29 is 20.8 Å². The Bertz CT molecular complexity index is 2460. The number of benzene rings is 6. The topological polar surface area (TPSA) is 0 Å². The van der Waals surface area contributed by atoms with Crippen LogP contribution in [0.25, 0.3) is 54.9 Å². The van der Waals surface area contributed by atoms with Crippen molar-refractivity contribution in [2.45, 2.75) is 92.9 Å². The van der Waals surface area contributed by atoms with Crippen LogP contribution in [0, 0.1) is 6.07 Å². The summed E-state index contributed by atoms with van der Waals surface area (Å²) in [6.07, 6.45) is 4.30. The molecule has 0 unspecified atom stereocenters. The number of aryl methyl sites for hydroxylation is 4. The summed E-state index contributed by atoms with van der Waals surface area (Å²) in [6, 6.07) is 54.6. The predicted octanol–water partition coefficient (Wildman–Crippen LogP) is 15.4. The molecule has 0 aliphatic carbocycles. The van der Waals surface area contributed by atoms with Crippen LogP contribution >= 0.6 is 17.0 Å². The van der Waals surface area contributed by atoms with E-state index in [0.717, 1.165) is 35.2 Å². The first-order valence-corrected chi connectivity index (χ1v) is 28.9. The van der Waals surface area contributed by atoms with Crippen molar-refractivity contribution in [2.75, 3.05) is 0 Å². The molecular formula is C56H57Cl2SiZr-3. The Morgan fingerprint density at radius 2 is 0.933 bits per heavy atom. The minimum atomic E-state index is -0.826. The van der Waals surface area contributed by atoms with Crippen molar-refractivity contribution in [3.8, 4) is 33.4 Å². The van der Waals surface area contributed by atoms with Crippen LogP contribution in [0.1, 0.15) is 101 Å². The van der Waals surface area contributed by atoms with E-state index in [9.17, 15) is 0 Å². The predicted molar refractivity (Wildman–Crippen MR) is 263 cm³/mol. The van der Waals surface area contributed by atoms with Crippen LogP contribution in [0.2, 0.25) is 0 Å². The van der Waals surface area contributed by atoms with Crippen molar-refractivity contribution in [2.24, 2.45) is 0 Å². The molecule has 4 heteroatoms. The summed E-state index contributed by atoms with van der Waals surface area (Å²) in [5, 5.41) is 8.42. The molecule has 2 radical (unpaired) electrons. The van der Waals surface area contributed by atoms with Gasteiger partial charge >= 0.3 is 37.9 Å². The molecule has 9 rings (SSSR count). The maximum Gasteiger partial charge on any atom is 0.0920 e. The summed E-state index contributed by atoms with van der Waals surface area (Å²) in [5.41, 5.74) is 17.2. The summed E-state index contributed by atoms with van der Waals surface area (Å²) in [6.45, 7) is 18.1. The normalized spacial score (nSPS) is 11.3. The van der Waals surface area contributed by atoms with Gasteiger partial charge in [0, 0.05) is 0 Å². The van der Waals surface area contributed by atoms with Gasteiger partial charge in [0.2, 0.25) is 0 Å². The second-order valence-corrected chi connectivity index (χ2v) is 21.0. The minimum Gasteiger partial charge on any atom is -0.184 e. The third-order valence-corrected chi connectivity index (χ3v) is 13.1. The number of rotatable bonds is 8. The van der Waals surface area contributed by atoms with Gasteiger partial charge in [-0.25, -0.2) is 0 Å². The van der Waals surface area contributed by atoms with Crippen molar-refractivity contribution in [3.05, 3.63) is 179 Å². The molecule has 1 heterocycles. The molecule has 0 atom stereocenters. The largest absolute Gasteiger partial charge is 0.184 e. The van der Waals surface area contributed by atoms with Crippen LogP contribution in [0.3, 0.4) is 0 Å². The maximum absolute atomic E-state index is 4.93. The van der Waals surface area contributed by atoms with Gasteiger partial charge in [0.1, 0.15) is 0 Å². The molecule has 0 spiro atoms. The Balaban J connectivity index is 0.000000150. The zero-order valence-electron chi connectivity index (χ0n) is 36.5. The zero-order valence-corrected chi connectivity index (χ0v) is 41.5. The molecule has 0 bridgehead atoms. The van der Waals surface area contributed by atoms with E-state index in [1.807, 2.05) is 6.07 Å². The Morgan fingerprint density at radius 1 is 0.517 bits per heavy atom. The van der Waals surface area contributed by atoms with E-state index in [2.05, 4.69) is 195 Å². The van der Waals surface area contributed by atoms with Gasteiger partial charge in [0.15, 0.2) is 0 Å². The number of hydrogen-bond acceptors (Lipinski definition) is 0. The van der Waals surface area contributed by atoms with Crippen molar-refractivity contribution >= 4 is 58.5 Å². The molecule has 60 heavy (non-hydrogen) atoms. The molecule has 0 amide bonds. The molecule has 0 aromatic heterocycles. The number of halogens is 2. The summed E-state index contributed by atoms with van der Waals surface area (Å²) >= 11 is -0.826. The SMILES string of the molecule is CCc1ccccc1-c1c(CC)ccc2[cH-]c(C(C)C)cc12.CCc1ccccc1-c1c(CC)ccc2[cH-]c(C(C)C)cc12.[Cl][Zr][Cl].[c-]1cccc2c1[Si]c1ccccc1-2. The van der Waals surface area contributed by atoms with Gasteiger partial charge in [-0.15, -0.1) is 74.6 Å². The average Bonchev–Trinajstić information content (AvgIpc) is 4.02. The van der Waals surface area contributed by atoms with E-state index in [-0.39, 0.29) is 0 Å². The molecule has 0 N–H and O–H groups in total. The molecule has 306 valence electrons. The molecule has 0 fully saturated rings. The maximum atomic E-state index is 4.93. The van der Waals surface area contributed by atoms with E-state index in [1.54, 1.807) is 0 Å². The summed E-state index contributed by atoms with van der Waals surface area (Å²) < 4.78 is 0. The molecule has 8 aromatic rings. The van der Waals surface area contributed by atoms with Crippen molar-refractivity contribution in [3.63, 3.8) is 0 Å². The van der Waals surface area contributed by atoms with Crippen LogP contribution in [0.5, 0.6) is 0 Å². The minimum absolute atomic E-state index is 0.576. The molecule has 8 aromatic carbocycles. The number of fused-ring (bicyclic) bond motifs is 5. The first kappa shape index (κ1) is 45.7. The average molecular weight is 920 g/mol. The molecular weight excluding hydrogens is 863 g/mol. The molecule has 0 nitrogen and oxygen atoms in total. The third kappa shape index (κ3) is 10.3. The first-order chi connectivity index (χ1) is 29.2. The Kier molecular flexibility index (Phi) is 16.6. The Hall–Kier alpha value is -3.78. The molecule has 1 aliphatic rings. The molecule has 1 aliphatic heterocycles. The van der Waals surface area contributed by atoms with Gasteiger partial charge in [-0.2, -0.15) is 41.6 Å². The van der Waals surface area contributed by atoms with Crippen LogP contribution in [0.4, 0.5) is 0 Å². The van der Waals surface area contributed by atoms with Gasteiger partial charge in [-0.3, -0.25) is 0 Å². The van der Waals surface area contributed by atoms with Gasteiger partial charge in [0.05, 0.1) is 9.52 Å². The Morgan fingerprint density at radius 3 is 1.38 bits per heavy atom.